The predicted molar refractivity (Wildman–Crippen MR) is 146 cm³/mol. The van der Waals surface area contributed by atoms with Crippen LogP contribution in [0.15, 0.2) is 54.7 Å². The third-order valence-electron chi connectivity index (χ3n) is 6.66. The summed E-state index contributed by atoms with van der Waals surface area (Å²) >= 11 is 0. The number of benzene rings is 2. The van der Waals surface area contributed by atoms with Gasteiger partial charge >= 0.3 is 6.09 Å². The van der Waals surface area contributed by atoms with Crippen LogP contribution in [0.4, 0.5) is 10.5 Å². The van der Waals surface area contributed by atoms with E-state index < -0.39 is 6.09 Å². The van der Waals surface area contributed by atoms with Crippen LogP contribution in [-0.2, 0) is 4.74 Å². The maximum atomic E-state index is 13.3. The normalized spacial score (nSPS) is 17.5. The van der Waals surface area contributed by atoms with Crippen LogP contribution in [0.25, 0.3) is 0 Å². The lowest BCUT2D eigenvalue weighted by molar-refractivity contribution is 0.0713. The Morgan fingerprint density at radius 3 is 2.68 bits per heavy atom. The number of nitrogens with zero attached hydrogens (tertiary/aromatic N) is 2. The van der Waals surface area contributed by atoms with Gasteiger partial charge in [0.2, 0.25) is 0 Å². The van der Waals surface area contributed by atoms with Crippen molar-refractivity contribution in [2.75, 3.05) is 39.7 Å². The third-order valence-corrected chi connectivity index (χ3v) is 6.66. The standard InChI is InChI=1S/C29H38N4O5/c1-32(2)16-8-18-37-29(35)30-23-10-6-9-22(19-23)28(34)33-17-7-13-25(31-33)21-14-15-26(36-3)27(20-21)38-24-11-4-5-12-24/h6-7,9-10,14-15,17,19-20,24-25,31H,4-5,8,11-13,16,18H2,1-3H3,(H,30,35). The Kier molecular flexibility index (Phi) is 9.62. The zero-order valence-electron chi connectivity index (χ0n) is 22.4. The molecule has 1 aliphatic heterocycles. The highest BCUT2D eigenvalue weighted by Gasteiger charge is 2.24. The molecule has 9 nitrogen and oxygen atoms in total. The third kappa shape index (κ3) is 7.49. The Bertz CT molecular complexity index is 1130. The second kappa shape index (κ2) is 13.3. The van der Waals surface area contributed by atoms with E-state index in [1.165, 1.54) is 17.9 Å². The summed E-state index contributed by atoms with van der Waals surface area (Å²) in [7, 11) is 5.58. The van der Waals surface area contributed by atoms with E-state index >= 15 is 0 Å². The van der Waals surface area contributed by atoms with E-state index in [1.807, 2.05) is 43.3 Å². The highest BCUT2D eigenvalue weighted by molar-refractivity contribution is 5.96. The fourth-order valence-electron chi connectivity index (χ4n) is 4.66. The van der Waals surface area contributed by atoms with Gasteiger partial charge in [0.25, 0.3) is 5.91 Å². The molecule has 1 atom stereocenters. The summed E-state index contributed by atoms with van der Waals surface area (Å²) in [4.78, 5) is 27.5. The Balaban J connectivity index is 1.38. The van der Waals surface area contributed by atoms with Gasteiger partial charge in [0, 0.05) is 24.0 Å². The number of methoxy groups -OCH3 is 1. The summed E-state index contributed by atoms with van der Waals surface area (Å²) in [6.45, 7) is 1.16. The van der Waals surface area contributed by atoms with Crippen molar-refractivity contribution in [2.24, 2.45) is 0 Å². The van der Waals surface area contributed by atoms with Gasteiger partial charge in [-0.3, -0.25) is 10.1 Å². The molecule has 0 saturated heterocycles. The monoisotopic (exact) mass is 522 g/mol. The summed E-state index contributed by atoms with van der Waals surface area (Å²) in [6.07, 6.45) is 9.33. The van der Waals surface area contributed by atoms with Crippen LogP contribution < -0.4 is 20.2 Å². The van der Waals surface area contributed by atoms with Gasteiger partial charge in [-0.05, 0) is 88.5 Å². The van der Waals surface area contributed by atoms with Crippen molar-refractivity contribution >= 4 is 17.7 Å². The second-order valence-corrected chi connectivity index (χ2v) is 9.91. The van der Waals surface area contributed by atoms with E-state index in [-0.39, 0.29) is 18.1 Å². The van der Waals surface area contributed by atoms with Gasteiger partial charge in [0.05, 0.1) is 25.9 Å². The van der Waals surface area contributed by atoms with Gasteiger partial charge < -0.3 is 19.1 Å². The van der Waals surface area contributed by atoms with Gasteiger partial charge in [-0.1, -0.05) is 18.2 Å². The molecule has 1 unspecified atom stereocenters. The number of anilines is 1. The van der Waals surface area contributed by atoms with Crippen molar-refractivity contribution in [2.45, 2.75) is 50.7 Å². The summed E-state index contributed by atoms with van der Waals surface area (Å²) < 4.78 is 17.0. The zero-order valence-corrected chi connectivity index (χ0v) is 22.4. The molecular formula is C29H38N4O5. The molecule has 0 radical (unpaired) electrons. The van der Waals surface area contributed by atoms with Crippen molar-refractivity contribution in [3.05, 3.63) is 65.9 Å². The van der Waals surface area contributed by atoms with Crippen molar-refractivity contribution in [1.82, 2.24) is 15.3 Å². The summed E-state index contributed by atoms with van der Waals surface area (Å²) in [5, 5.41) is 4.18. The molecule has 1 fully saturated rings. The Morgan fingerprint density at radius 2 is 1.92 bits per heavy atom. The van der Waals surface area contributed by atoms with Gasteiger partial charge in [-0.25, -0.2) is 15.2 Å². The van der Waals surface area contributed by atoms with Crippen LogP contribution in [0.1, 0.15) is 60.5 Å². The summed E-state index contributed by atoms with van der Waals surface area (Å²) in [6, 6.07) is 12.6. The minimum atomic E-state index is -0.542. The molecule has 0 bridgehead atoms. The molecule has 4 rings (SSSR count). The van der Waals surface area contributed by atoms with E-state index in [0.29, 0.717) is 23.6 Å². The SMILES string of the molecule is COc1ccc(C2CC=CN(C(=O)c3cccc(NC(=O)OCCCN(C)C)c3)N2)cc1OC1CCCC1. The molecule has 1 saturated carbocycles. The minimum absolute atomic E-state index is 0.112. The molecule has 38 heavy (non-hydrogen) atoms. The van der Waals surface area contributed by atoms with Gasteiger partial charge in [0.1, 0.15) is 0 Å². The van der Waals surface area contributed by atoms with Crippen LogP contribution in [0.3, 0.4) is 0 Å². The smallest absolute Gasteiger partial charge is 0.411 e. The highest BCUT2D eigenvalue weighted by atomic mass is 16.5. The molecule has 2 aromatic rings. The molecule has 0 spiro atoms. The maximum Gasteiger partial charge on any atom is 0.411 e. The first-order valence-electron chi connectivity index (χ1n) is 13.2. The largest absolute Gasteiger partial charge is 0.493 e. The van der Waals surface area contributed by atoms with Crippen LogP contribution in [0.2, 0.25) is 0 Å². The van der Waals surface area contributed by atoms with E-state index in [2.05, 4.69) is 10.7 Å². The molecular weight excluding hydrogens is 484 g/mol. The molecule has 0 aromatic heterocycles. The molecule has 1 heterocycles. The molecule has 1 aliphatic carbocycles. The number of hydrogen-bond acceptors (Lipinski definition) is 7. The van der Waals surface area contributed by atoms with Gasteiger partial charge in [0.15, 0.2) is 11.5 Å². The van der Waals surface area contributed by atoms with Crippen molar-refractivity contribution in [1.29, 1.82) is 0 Å². The number of nitrogens with one attached hydrogen (secondary N) is 2. The van der Waals surface area contributed by atoms with Crippen LogP contribution in [-0.4, -0.2) is 62.4 Å². The van der Waals surface area contributed by atoms with Crippen molar-refractivity contribution < 1.29 is 23.8 Å². The quantitative estimate of drug-likeness (QED) is 0.418. The van der Waals surface area contributed by atoms with E-state index in [0.717, 1.165) is 43.5 Å². The van der Waals surface area contributed by atoms with Gasteiger partial charge in [-0.15, -0.1) is 0 Å². The first-order valence-corrected chi connectivity index (χ1v) is 13.2. The minimum Gasteiger partial charge on any atom is -0.493 e. The number of hydrazine groups is 1. The molecule has 2 N–H and O–H groups in total. The summed E-state index contributed by atoms with van der Waals surface area (Å²) in [5.74, 6) is 1.21. The average Bonchev–Trinajstić information content (AvgIpc) is 3.44. The Hall–Kier alpha value is -3.56. The van der Waals surface area contributed by atoms with Gasteiger partial charge in [-0.2, -0.15) is 0 Å². The number of ether oxygens (including phenoxy) is 3. The Labute approximate surface area is 224 Å². The summed E-state index contributed by atoms with van der Waals surface area (Å²) in [5.41, 5.74) is 5.26. The lowest BCUT2D eigenvalue weighted by atomic mass is 10.0. The Morgan fingerprint density at radius 1 is 1.11 bits per heavy atom. The molecule has 2 aromatic carbocycles. The number of rotatable bonds is 10. The first-order chi connectivity index (χ1) is 18.4. The lowest BCUT2D eigenvalue weighted by Crippen LogP contribution is -2.43. The first kappa shape index (κ1) is 27.5. The van der Waals surface area contributed by atoms with E-state index in [9.17, 15) is 9.59 Å². The maximum absolute atomic E-state index is 13.3. The topological polar surface area (TPSA) is 92.4 Å². The number of carbonyl (C=O) groups excluding carboxylic acids is 2. The fourth-order valence-corrected chi connectivity index (χ4v) is 4.66. The van der Waals surface area contributed by atoms with Crippen molar-refractivity contribution in [3.63, 3.8) is 0 Å². The molecule has 2 aliphatic rings. The lowest BCUT2D eigenvalue weighted by Gasteiger charge is -2.30. The van der Waals surface area contributed by atoms with E-state index in [1.54, 1.807) is 37.6 Å². The molecule has 9 heteroatoms. The van der Waals surface area contributed by atoms with Crippen molar-refractivity contribution in [3.8, 4) is 11.5 Å². The number of amides is 2. The zero-order chi connectivity index (χ0) is 26.9. The second-order valence-electron chi connectivity index (χ2n) is 9.91. The molecule has 2 amide bonds. The number of carbonyl (C=O) groups is 2. The molecule has 204 valence electrons. The van der Waals surface area contributed by atoms with Crippen LogP contribution >= 0.6 is 0 Å². The van der Waals surface area contributed by atoms with Crippen LogP contribution in [0, 0.1) is 0 Å². The number of hydrogen-bond donors (Lipinski definition) is 2. The average molecular weight is 523 g/mol. The fraction of sp³-hybridized carbons (Fsp3) is 0.448. The predicted octanol–water partition coefficient (Wildman–Crippen LogP) is 5.12. The van der Waals surface area contributed by atoms with Crippen LogP contribution in [0.5, 0.6) is 11.5 Å². The van der Waals surface area contributed by atoms with E-state index in [4.69, 9.17) is 14.2 Å². The highest BCUT2D eigenvalue weighted by Crippen LogP contribution is 2.35.